The molecule has 0 aromatic rings. The molecule has 1 rings (SSSR count). The minimum atomic E-state index is -1.33. The number of carboxylic acids is 1. The van der Waals surface area contributed by atoms with Crippen LogP contribution >= 0.6 is 0 Å². The Kier molecular flexibility index (Phi) is 4.55. The SMILES string of the molecule is CCN(C(=O)N1CCN(C)C(=O)C1(C)C)C(C)(C)C(=O)O. The van der Waals surface area contributed by atoms with Gasteiger partial charge in [-0.1, -0.05) is 0 Å². The van der Waals surface area contributed by atoms with E-state index in [2.05, 4.69) is 0 Å². The summed E-state index contributed by atoms with van der Waals surface area (Å²) in [5, 5.41) is 9.33. The van der Waals surface area contributed by atoms with E-state index in [-0.39, 0.29) is 12.5 Å². The molecule has 1 aliphatic heterocycles. The van der Waals surface area contributed by atoms with Crippen LogP contribution < -0.4 is 0 Å². The van der Waals surface area contributed by atoms with Crippen molar-refractivity contribution in [1.29, 1.82) is 0 Å². The van der Waals surface area contributed by atoms with Crippen molar-refractivity contribution in [2.24, 2.45) is 0 Å². The maximum Gasteiger partial charge on any atom is 0.329 e. The van der Waals surface area contributed by atoms with Gasteiger partial charge in [-0.05, 0) is 34.6 Å². The van der Waals surface area contributed by atoms with Gasteiger partial charge in [0.15, 0.2) is 0 Å². The third-order valence-electron chi connectivity index (χ3n) is 4.18. The number of hydrogen-bond donors (Lipinski definition) is 1. The van der Waals surface area contributed by atoms with Crippen LogP contribution in [0.5, 0.6) is 0 Å². The molecule has 7 heteroatoms. The summed E-state index contributed by atoms with van der Waals surface area (Å²) in [5.74, 6) is -1.22. The van der Waals surface area contributed by atoms with Gasteiger partial charge < -0.3 is 19.8 Å². The molecule has 0 aromatic heterocycles. The van der Waals surface area contributed by atoms with Gasteiger partial charge in [0.25, 0.3) is 0 Å². The first-order valence-corrected chi connectivity index (χ1v) is 7.06. The lowest BCUT2D eigenvalue weighted by molar-refractivity contribution is -0.149. The van der Waals surface area contributed by atoms with E-state index in [9.17, 15) is 19.5 Å². The summed E-state index contributed by atoms with van der Waals surface area (Å²) in [7, 11) is 1.70. The number of carbonyl (C=O) groups excluding carboxylic acids is 2. The molecule has 1 fully saturated rings. The fourth-order valence-corrected chi connectivity index (χ4v) is 2.58. The van der Waals surface area contributed by atoms with Crippen LogP contribution in [0.1, 0.15) is 34.6 Å². The predicted molar refractivity (Wildman–Crippen MR) is 77.9 cm³/mol. The van der Waals surface area contributed by atoms with Crippen molar-refractivity contribution < 1.29 is 19.5 Å². The van der Waals surface area contributed by atoms with Crippen LogP contribution in [-0.4, -0.2) is 75.5 Å². The molecule has 1 N–H and O–H groups in total. The van der Waals surface area contributed by atoms with Gasteiger partial charge in [0.2, 0.25) is 5.91 Å². The Labute approximate surface area is 125 Å². The third kappa shape index (κ3) is 2.82. The lowest BCUT2D eigenvalue weighted by Gasteiger charge is -2.48. The van der Waals surface area contributed by atoms with E-state index in [1.165, 1.54) is 23.6 Å². The van der Waals surface area contributed by atoms with Gasteiger partial charge in [0, 0.05) is 26.7 Å². The monoisotopic (exact) mass is 299 g/mol. The summed E-state index contributed by atoms with van der Waals surface area (Å²) in [4.78, 5) is 40.8. The zero-order chi connectivity index (χ0) is 16.6. The molecule has 1 aliphatic rings. The van der Waals surface area contributed by atoms with E-state index >= 15 is 0 Å². The second kappa shape index (κ2) is 5.54. The van der Waals surface area contributed by atoms with Gasteiger partial charge >= 0.3 is 12.0 Å². The maximum atomic E-state index is 12.8. The molecule has 0 aromatic carbocycles. The molecule has 0 radical (unpaired) electrons. The second-order valence-corrected chi connectivity index (χ2v) is 6.33. The normalized spacial score (nSPS) is 18.7. The van der Waals surface area contributed by atoms with E-state index in [0.29, 0.717) is 13.1 Å². The summed E-state index contributed by atoms with van der Waals surface area (Å²) >= 11 is 0. The number of amides is 3. The van der Waals surface area contributed by atoms with Gasteiger partial charge in [-0.15, -0.1) is 0 Å². The van der Waals surface area contributed by atoms with Crippen molar-refractivity contribution in [2.75, 3.05) is 26.7 Å². The molecule has 0 atom stereocenters. The van der Waals surface area contributed by atoms with Crippen LogP contribution in [0, 0.1) is 0 Å². The quantitative estimate of drug-likeness (QED) is 0.837. The van der Waals surface area contributed by atoms with Gasteiger partial charge in [-0.3, -0.25) is 4.79 Å². The van der Waals surface area contributed by atoms with Gasteiger partial charge in [0.1, 0.15) is 11.1 Å². The van der Waals surface area contributed by atoms with E-state index in [0.717, 1.165) is 0 Å². The molecular formula is C14H25N3O4. The smallest absolute Gasteiger partial charge is 0.329 e. The van der Waals surface area contributed by atoms with Gasteiger partial charge in [0.05, 0.1) is 0 Å². The summed E-state index contributed by atoms with van der Waals surface area (Å²) in [5.41, 5.74) is -2.31. The van der Waals surface area contributed by atoms with Crippen LogP contribution in [0.25, 0.3) is 0 Å². The minimum absolute atomic E-state index is 0.147. The van der Waals surface area contributed by atoms with Crippen molar-refractivity contribution in [3.63, 3.8) is 0 Å². The van der Waals surface area contributed by atoms with Gasteiger partial charge in [-0.2, -0.15) is 0 Å². The molecule has 1 saturated heterocycles. The molecule has 0 bridgehead atoms. The number of carboxylic acid groups (broad SMARTS) is 1. The number of piperazine rings is 1. The molecule has 1 heterocycles. The average molecular weight is 299 g/mol. The highest BCUT2D eigenvalue weighted by molar-refractivity contribution is 5.93. The minimum Gasteiger partial charge on any atom is -0.480 e. The van der Waals surface area contributed by atoms with E-state index < -0.39 is 23.1 Å². The largest absolute Gasteiger partial charge is 0.480 e. The molecule has 120 valence electrons. The van der Waals surface area contributed by atoms with Crippen molar-refractivity contribution in [3.8, 4) is 0 Å². The molecular weight excluding hydrogens is 274 g/mol. The average Bonchev–Trinajstić information content (AvgIpc) is 2.36. The maximum absolute atomic E-state index is 12.8. The Morgan fingerprint density at radius 2 is 1.86 bits per heavy atom. The number of likely N-dealkylation sites (N-methyl/N-ethyl adjacent to an activating group) is 2. The molecule has 21 heavy (non-hydrogen) atoms. The lowest BCUT2D eigenvalue weighted by atomic mass is 9.97. The Bertz CT molecular complexity index is 459. The molecule has 0 aliphatic carbocycles. The first-order valence-electron chi connectivity index (χ1n) is 7.06. The van der Waals surface area contributed by atoms with Crippen molar-refractivity contribution in [1.82, 2.24) is 14.7 Å². The predicted octanol–water partition coefficient (Wildman–Crippen LogP) is 0.844. The number of aliphatic carboxylic acids is 1. The fourth-order valence-electron chi connectivity index (χ4n) is 2.58. The summed E-state index contributed by atoms with van der Waals surface area (Å²) in [6.45, 7) is 9.17. The molecule has 0 spiro atoms. The summed E-state index contributed by atoms with van der Waals surface area (Å²) in [6, 6.07) is -0.420. The first kappa shape index (κ1) is 17.3. The Morgan fingerprint density at radius 3 is 2.29 bits per heavy atom. The van der Waals surface area contributed by atoms with Crippen molar-refractivity contribution in [2.45, 2.75) is 45.7 Å². The zero-order valence-electron chi connectivity index (χ0n) is 13.6. The van der Waals surface area contributed by atoms with E-state index in [1.54, 1.807) is 32.7 Å². The second-order valence-electron chi connectivity index (χ2n) is 6.33. The summed E-state index contributed by atoms with van der Waals surface area (Å²) in [6.07, 6.45) is 0. The highest BCUT2D eigenvalue weighted by Crippen LogP contribution is 2.26. The van der Waals surface area contributed by atoms with Crippen LogP contribution in [0.2, 0.25) is 0 Å². The third-order valence-corrected chi connectivity index (χ3v) is 4.18. The highest BCUT2D eigenvalue weighted by atomic mass is 16.4. The van der Waals surface area contributed by atoms with E-state index in [4.69, 9.17) is 0 Å². The Hall–Kier alpha value is -1.79. The zero-order valence-corrected chi connectivity index (χ0v) is 13.6. The first-order chi connectivity index (χ1) is 9.47. The Morgan fingerprint density at radius 1 is 1.33 bits per heavy atom. The molecule has 3 amide bonds. The standard InChI is InChI=1S/C14H25N3O4/c1-7-16(14(4,5)11(19)20)12(21)17-9-8-15(6)10(18)13(17,2)3/h7-9H2,1-6H3,(H,19,20). The molecule has 7 nitrogen and oxygen atoms in total. The van der Waals surface area contributed by atoms with Crippen LogP contribution in [0.4, 0.5) is 4.79 Å². The molecule has 0 saturated carbocycles. The Balaban J connectivity index is 3.11. The van der Waals surface area contributed by atoms with Crippen LogP contribution in [-0.2, 0) is 9.59 Å². The van der Waals surface area contributed by atoms with Crippen molar-refractivity contribution in [3.05, 3.63) is 0 Å². The van der Waals surface area contributed by atoms with Gasteiger partial charge in [-0.25, -0.2) is 9.59 Å². The fraction of sp³-hybridized carbons (Fsp3) is 0.786. The summed E-state index contributed by atoms with van der Waals surface area (Å²) < 4.78 is 0. The molecule has 0 unspecified atom stereocenters. The topological polar surface area (TPSA) is 81.2 Å². The van der Waals surface area contributed by atoms with Crippen molar-refractivity contribution >= 4 is 17.9 Å². The highest BCUT2D eigenvalue weighted by Gasteiger charge is 2.47. The number of rotatable bonds is 3. The van der Waals surface area contributed by atoms with Crippen LogP contribution in [0.15, 0.2) is 0 Å². The number of carbonyl (C=O) groups is 3. The number of urea groups is 1. The van der Waals surface area contributed by atoms with Crippen LogP contribution in [0.3, 0.4) is 0 Å². The number of hydrogen-bond acceptors (Lipinski definition) is 3. The number of nitrogens with zero attached hydrogens (tertiary/aromatic N) is 3. The van der Waals surface area contributed by atoms with E-state index in [1.807, 2.05) is 0 Å². The lowest BCUT2D eigenvalue weighted by Crippen LogP contribution is -2.68.